The number of anilines is 1. The molecule has 4 rings (SSSR count). The Balaban J connectivity index is 1.52. The zero-order valence-corrected chi connectivity index (χ0v) is 13.4. The zero-order valence-electron chi connectivity index (χ0n) is 12.6. The molecule has 0 spiro atoms. The standard InChI is InChI=1S/C16H18N4O2S/c21-9-18-14-8-23-15-5-17-13(4-12(14)15)16(22)19-11-3-10-1-2-20(6-10)7-11/h4-5,8-11H,1-3,6-7H2,(H,18,21)(H,19,22)/t10-,11+/m0/s1. The highest BCUT2D eigenvalue weighted by Crippen LogP contribution is 2.30. The molecule has 4 heterocycles. The summed E-state index contributed by atoms with van der Waals surface area (Å²) in [5, 5.41) is 8.49. The number of pyridine rings is 1. The third kappa shape index (κ3) is 2.82. The number of carbonyl (C=O) groups excluding carboxylic acids is 2. The normalized spacial score (nSPS) is 26.2. The first-order valence-electron chi connectivity index (χ1n) is 7.83. The Kier molecular flexibility index (Phi) is 3.74. The molecule has 23 heavy (non-hydrogen) atoms. The van der Waals surface area contributed by atoms with E-state index >= 15 is 0 Å². The van der Waals surface area contributed by atoms with Gasteiger partial charge in [0.05, 0.1) is 10.4 Å². The van der Waals surface area contributed by atoms with E-state index in [4.69, 9.17) is 0 Å². The van der Waals surface area contributed by atoms with Crippen molar-refractivity contribution in [2.75, 3.05) is 25.0 Å². The van der Waals surface area contributed by atoms with E-state index < -0.39 is 0 Å². The van der Waals surface area contributed by atoms with Crippen molar-refractivity contribution >= 4 is 39.4 Å². The smallest absolute Gasteiger partial charge is 0.270 e. The van der Waals surface area contributed by atoms with Crippen LogP contribution in [0.1, 0.15) is 23.3 Å². The van der Waals surface area contributed by atoms with Gasteiger partial charge in [0.25, 0.3) is 5.91 Å². The second-order valence-electron chi connectivity index (χ2n) is 6.30. The second-order valence-corrected chi connectivity index (χ2v) is 7.21. The van der Waals surface area contributed by atoms with Crippen LogP contribution < -0.4 is 10.6 Å². The average Bonchev–Trinajstić information content (AvgIpc) is 3.10. The van der Waals surface area contributed by atoms with Crippen molar-refractivity contribution in [2.45, 2.75) is 18.9 Å². The van der Waals surface area contributed by atoms with Crippen LogP contribution in [-0.2, 0) is 4.79 Å². The van der Waals surface area contributed by atoms with E-state index in [2.05, 4.69) is 20.5 Å². The number of piperidine rings is 1. The lowest BCUT2D eigenvalue weighted by molar-refractivity contribution is -0.105. The summed E-state index contributed by atoms with van der Waals surface area (Å²) in [4.78, 5) is 29.8. The van der Waals surface area contributed by atoms with Gasteiger partial charge < -0.3 is 15.5 Å². The highest BCUT2D eigenvalue weighted by atomic mass is 32.1. The van der Waals surface area contributed by atoms with Gasteiger partial charge in [-0.05, 0) is 31.4 Å². The van der Waals surface area contributed by atoms with E-state index in [1.54, 1.807) is 12.3 Å². The summed E-state index contributed by atoms with van der Waals surface area (Å²) in [6.07, 6.45) is 4.64. The molecule has 3 atom stereocenters. The topological polar surface area (TPSA) is 74.3 Å². The van der Waals surface area contributed by atoms with Crippen LogP contribution in [0.2, 0.25) is 0 Å². The predicted molar refractivity (Wildman–Crippen MR) is 89.7 cm³/mol. The first kappa shape index (κ1) is 14.6. The third-order valence-corrected chi connectivity index (χ3v) is 5.64. The van der Waals surface area contributed by atoms with E-state index in [1.807, 2.05) is 5.38 Å². The van der Waals surface area contributed by atoms with E-state index in [0.717, 1.165) is 35.3 Å². The van der Waals surface area contributed by atoms with E-state index in [0.29, 0.717) is 18.0 Å². The number of hydrogen-bond donors (Lipinski definition) is 2. The molecule has 2 bridgehead atoms. The Bertz CT molecular complexity index is 748. The van der Waals surface area contributed by atoms with Crippen LogP contribution in [0.5, 0.6) is 0 Å². The number of rotatable bonds is 4. The first-order valence-corrected chi connectivity index (χ1v) is 8.71. The summed E-state index contributed by atoms with van der Waals surface area (Å²) in [6, 6.07) is 1.96. The van der Waals surface area contributed by atoms with Gasteiger partial charge >= 0.3 is 0 Å². The average molecular weight is 330 g/mol. The van der Waals surface area contributed by atoms with Crippen molar-refractivity contribution in [2.24, 2.45) is 5.92 Å². The summed E-state index contributed by atoms with van der Waals surface area (Å²) in [5.74, 6) is 0.576. The van der Waals surface area contributed by atoms with E-state index in [1.165, 1.54) is 24.3 Å². The molecule has 2 fully saturated rings. The Morgan fingerprint density at radius 3 is 3.17 bits per heavy atom. The summed E-state index contributed by atoms with van der Waals surface area (Å²) in [7, 11) is 0. The Morgan fingerprint density at radius 2 is 2.35 bits per heavy atom. The molecule has 2 aromatic heterocycles. The predicted octanol–water partition coefficient (Wildman–Crippen LogP) is 1.69. The maximum absolute atomic E-state index is 12.5. The lowest BCUT2D eigenvalue weighted by Gasteiger charge is -2.30. The number of hydrogen-bond acceptors (Lipinski definition) is 5. The van der Waals surface area contributed by atoms with Crippen LogP contribution in [0.3, 0.4) is 0 Å². The maximum atomic E-state index is 12.5. The van der Waals surface area contributed by atoms with Gasteiger partial charge in [-0.3, -0.25) is 9.59 Å². The zero-order chi connectivity index (χ0) is 15.8. The fourth-order valence-corrected chi connectivity index (χ4v) is 4.51. The fourth-order valence-electron chi connectivity index (χ4n) is 3.66. The van der Waals surface area contributed by atoms with Crippen LogP contribution in [0.15, 0.2) is 17.6 Å². The number of nitrogens with zero attached hydrogens (tertiary/aromatic N) is 2. The van der Waals surface area contributed by atoms with Crippen molar-refractivity contribution in [1.29, 1.82) is 0 Å². The minimum atomic E-state index is -0.136. The molecule has 0 aliphatic carbocycles. The van der Waals surface area contributed by atoms with Crippen molar-refractivity contribution in [3.63, 3.8) is 0 Å². The summed E-state index contributed by atoms with van der Waals surface area (Å²) < 4.78 is 0.952. The summed E-state index contributed by atoms with van der Waals surface area (Å²) in [5.41, 5.74) is 1.12. The quantitative estimate of drug-likeness (QED) is 0.837. The van der Waals surface area contributed by atoms with Gasteiger partial charge in [0.2, 0.25) is 6.41 Å². The minimum absolute atomic E-state index is 0.136. The van der Waals surface area contributed by atoms with Gasteiger partial charge in [-0.2, -0.15) is 0 Å². The third-order valence-electron chi connectivity index (χ3n) is 4.71. The number of aromatic nitrogens is 1. The Morgan fingerprint density at radius 1 is 1.43 bits per heavy atom. The monoisotopic (exact) mass is 330 g/mol. The van der Waals surface area contributed by atoms with Crippen LogP contribution in [0, 0.1) is 5.92 Å². The molecular formula is C16H18N4O2S. The molecule has 2 aromatic rings. The molecule has 0 saturated carbocycles. The number of carbonyl (C=O) groups is 2. The molecule has 2 N–H and O–H groups in total. The van der Waals surface area contributed by atoms with Gasteiger partial charge in [-0.25, -0.2) is 4.98 Å². The first-order chi connectivity index (χ1) is 11.2. The maximum Gasteiger partial charge on any atom is 0.270 e. The fraction of sp³-hybridized carbons (Fsp3) is 0.438. The van der Waals surface area contributed by atoms with Crippen LogP contribution in [0.4, 0.5) is 5.69 Å². The molecule has 1 unspecified atom stereocenters. The second kappa shape index (κ2) is 5.90. The van der Waals surface area contributed by atoms with Crippen molar-refractivity contribution in [3.8, 4) is 0 Å². The molecule has 2 amide bonds. The Labute approximate surface area is 137 Å². The molecule has 120 valence electrons. The highest BCUT2D eigenvalue weighted by Gasteiger charge is 2.33. The van der Waals surface area contributed by atoms with Crippen LogP contribution >= 0.6 is 11.3 Å². The van der Waals surface area contributed by atoms with Crippen LogP contribution in [-0.4, -0.2) is 47.9 Å². The van der Waals surface area contributed by atoms with Gasteiger partial charge in [-0.1, -0.05) is 0 Å². The molecule has 2 aliphatic heterocycles. The van der Waals surface area contributed by atoms with Gasteiger partial charge in [-0.15, -0.1) is 11.3 Å². The molecule has 0 aromatic carbocycles. The summed E-state index contributed by atoms with van der Waals surface area (Å²) >= 11 is 1.50. The van der Waals surface area contributed by atoms with Gasteiger partial charge in [0, 0.05) is 36.1 Å². The largest absolute Gasteiger partial charge is 0.347 e. The van der Waals surface area contributed by atoms with Gasteiger partial charge in [0.1, 0.15) is 5.69 Å². The SMILES string of the molecule is O=CNc1csc2cnc(C(=O)N[C@@H]3C[C@@H]4CCN(C4)C3)cc12. The number of fused-ring (bicyclic) bond motifs is 3. The lowest BCUT2D eigenvalue weighted by Crippen LogP contribution is -2.47. The van der Waals surface area contributed by atoms with Gasteiger partial charge in [0.15, 0.2) is 0 Å². The Hall–Kier alpha value is -1.99. The molecular weight excluding hydrogens is 312 g/mol. The van der Waals surface area contributed by atoms with Crippen molar-refractivity contribution < 1.29 is 9.59 Å². The molecule has 7 heteroatoms. The van der Waals surface area contributed by atoms with Crippen molar-refractivity contribution in [1.82, 2.24) is 15.2 Å². The number of amides is 2. The van der Waals surface area contributed by atoms with Crippen molar-refractivity contribution in [3.05, 3.63) is 23.3 Å². The summed E-state index contributed by atoms with van der Waals surface area (Å²) in [6.45, 7) is 3.25. The van der Waals surface area contributed by atoms with Crippen LogP contribution in [0.25, 0.3) is 10.1 Å². The minimum Gasteiger partial charge on any atom is -0.347 e. The van der Waals surface area contributed by atoms with E-state index in [9.17, 15) is 9.59 Å². The molecule has 2 saturated heterocycles. The molecule has 0 radical (unpaired) electrons. The van der Waals surface area contributed by atoms with E-state index in [-0.39, 0.29) is 11.9 Å². The lowest BCUT2D eigenvalue weighted by atomic mass is 9.97. The molecule has 2 aliphatic rings. The number of thiophene rings is 1. The molecule has 6 nitrogen and oxygen atoms in total. The number of nitrogens with one attached hydrogen (secondary N) is 2. The highest BCUT2D eigenvalue weighted by molar-refractivity contribution is 7.17.